The van der Waals surface area contributed by atoms with Crippen LogP contribution >= 0.6 is 0 Å². The average Bonchev–Trinajstić information content (AvgIpc) is 2.39. The summed E-state index contributed by atoms with van der Waals surface area (Å²) in [6.45, 7) is 5.11. The van der Waals surface area contributed by atoms with E-state index in [0.717, 1.165) is 25.0 Å². The van der Waals surface area contributed by atoms with Crippen molar-refractivity contribution in [3.8, 4) is 6.07 Å². The first kappa shape index (κ1) is 13.1. The smallest absolute Gasteiger partial charge is 0.0991 e. The predicted molar refractivity (Wildman–Crippen MR) is 71.1 cm³/mol. The first-order valence-electron chi connectivity index (χ1n) is 6.56. The van der Waals surface area contributed by atoms with Crippen molar-refractivity contribution in [2.75, 3.05) is 6.61 Å². The van der Waals surface area contributed by atoms with Crippen molar-refractivity contribution in [1.29, 1.82) is 5.26 Å². The lowest BCUT2D eigenvalue weighted by Gasteiger charge is -2.30. The molecule has 0 spiro atoms. The van der Waals surface area contributed by atoms with Gasteiger partial charge in [0.1, 0.15) is 0 Å². The molecule has 3 nitrogen and oxygen atoms in total. The third-order valence-corrected chi connectivity index (χ3v) is 3.49. The van der Waals surface area contributed by atoms with E-state index >= 15 is 0 Å². The Morgan fingerprint density at radius 1 is 1.50 bits per heavy atom. The zero-order valence-corrected chi connectivity index (χ0v) is 11.0. The summed E-state index contributed by atoms with van der Waals surface area (Å²) < 4.78 is 5.55. The van der Waals surface area contributed by atoms with E-state index in [2.05, 4.69) is 31.3 Å². The molecule has 1 aromatic rings. The van der Waals surface area contributed by atoms with Crippen LogP contribution in [-0.2, 0) is 4.74 Å². The van der Waals surface area contributed by atoms with E-state index in [-0.39, 0.29) is 6.04 Å². The summed E-state index contributed by atoms with van der Waals surface area (Å²) in [6.07, 6.45) is 2.46. The topological polar surface area (TPSA) is 45.0 Å². The van der Waals surface area contributed by atoms with Crippen molar-refractivity contribution in [2.45, 2.75) is 44.9 Å². The van der Waals surface area contributed by atoms with Crippen LogP contribution in [0.15, 0.2) is 24.3 Å². The van der Waals surface area contributed by atoms with Crippen molar-refractivity contribution in [3.05, 3.63) is 35.4 Å². The molecule has 0 amide bonds. The molecule has 1 saturated heterocycles. The van der Waals surface area contributed by atoms with Crippen LogP contribution in [0.25, 0.3) is 0 Å². The van der Waals surface area contributed by atoms with Crippen LogP contribution in [0.2, 0.25) is 0 Å². The normalized spacial score (nSPS) is 25.4. The Bertz CT molecular complexity index is 438. The largest absolute Gasteiger partial charge is 0.378 e. The summed E-state index contributed by atoms with van der Waals surface area (Å²) in [5.41, 5.74) is 1.90. The van der Waals surface area contributed by atoms with Gasteiger partial charge >= 0.3 is 0 Å². The quantitative estimate of drug-likeness (QED) is 0.889. The molecule has 96 valence electrons. The van der Waals surface area contributed by atoms with Gasteiger partial charge in [0.25, 0.3) is 0 Å². The second-order valence-corrected chi connectivity index (χ2v) is 5.03. The first-order valence-corrected chi connectivity index (χ1v) is 6.56. The Hall–Kier alpha value is -1.37. The minimum atomic E-state index is 0.272. The number of nitrogens with zero attached hydrogens (tertiary/aromatic N) is 1. The Kier molecular flexibility index (Phi) is 4.35. The van der Waals surface area contributed by atoms with Crippen LogP contribution in [0, 0.1) is 11.3 Å². The molecule has 0 radical (unpaired) electrons. The van der Waals surface area contributed by atoms with Gasteiger partial charge < -0.3 is 10.1 Å². The minimum Gasteiger partial charge on any atom is -0.378 e. The first-order chi connectivity index (χ1) is 8.69. The molecule has 1 N–H and O–H groups in total. The van der Waals surface area contributed by atoms with Gasteiger partial charge in [-0.25, -0.2) is 0 Å². The Balaban J connectivity index is 1.98. The molecule has 0 bridgehead atoms. The molecule has 1 aliphatic rings. The summed E-state index contributed by atoms with van der Waals surface area (Å²) in [4.78, 5) is 0. The van der Waals surface area contributed by atoms with Crippen LogP contribution in [0.3, 0.4) is 0 Å². The molecule has 3 heteroatoms. The van der Waals surface area contributed by atoms with Crippen LogP contribution in [0.1, 0.15) is 43.9 Å². The number of nitrogens with one attached hydrogen (secondary N) is 1. The molecule has 0 saturated carbocycles. The summed E-state index contributed by atoms with van der Waals surface area (Å²) in [5, 5.41) is 12.5. The lowest BCUT2D eigenvalue weighted by molar-refractivity contribution is 0.0116. The molecule has 0 aliphatic carbocycles. The van der Waals surface area contributed by atoms with E-state index in [1.54, 1.807) is 0 Å². The number of hydrogen-bond donors (Lipinski definition) is 1. The second-order valence-electron chi connectivity index (χ2n) is 5.03. The molecule has 18 heavy (non-hydrogen) atoms. The summed E-state index contributed by atoms with van der Waals surface area (Å²) in [6, 6.07) is 10.8. The molecule has 1 heterocycles. The molecule has 1 aromatic carbocycles. The van der Waals surface area contributed by atoms with E-state index in [1.807, 2.05) is 18.2 Å². The van der Waals surface area contributed by atoms with Gasteiger partial charge in [-0.2, -0.15) is 5.26 Å². The molecule has 3 unspecified atom stereocenters. The number of rotatable bonds is 3. The Morgan fingerprint density at radius 2 is 2.33 bits per heavy atom. The fourth-order valence-electron chi connectivity index (χ4n) is 2.48. The molecule has 1 fully saturated rings. The maximum absolute atomic E-state index is 8.91. The van der Waals surface area contributed by atoms with E-state index in [4.69, 9.17) is 10.00 Å². The monoisotopic (exact) mass is 244 g/mol. The zero-order valence-electron chi connectivity index (χ0n) is 11.0. The summed E-state index contributed by atoms with van der Waals surface area (Å²) in [5.74, 6) is 0. The van der Waals surface area contributed by atoms with E-state index in [9.17, 15) is 0 Å². The summed E-state index contributed by atoms with van der Waals surface area (Å²) in [7, 11) is 0. The number of ether oxygens (including phenoxy) is 1. The van der Waals surface area contributed by atoms with Gasteiger partial charge in [0.2, 0.25) is 0 Å². The molecule has 2 rings (SSSR count). The fourth-order valence-corrected chi connectivity index (χ4v) is 2.48. The van der Waals surface area contributed by atoms with Gasteiger partial charge in [-0.05, 0) is 44.4 Å². The lowest BCUT2D eigenvalue weighted by atomic mass is 10.0. The highest BCUT2D eigenvalue weighted by Gasteiger charge is 2.20. The number of benzene rings is 1. The molecular weight excluding hydrogens is 224 g/mol. The van der Waals surface area contributed by atoms with Crippen LogP contribution < -0.4 is 5.32 Å². The molecular formula is C15H20N2O. The lowest BCUT2D eigenvalue weighted by Crippen LogP contribution is -2.39. The third kappa shape index (κ3) is 3.32. The van der Waals surface area contributed by atoms with E-state index in [1.165, 1.54) is 5.56 Å². The SMILES string of the molecule is CC1CC(NC(C)c2cccc(C#N)c2)CCO1. The standard InChI is InChI=1S/C15H20N2O/c1-11-8-15(6-7-18-11)17-12(2)14-5-3-4-13(9-14)10-16/h3-5,9,11-12,15,17H,6-8H2,1-2H3. The fraction of sp³-hybridized carbons (Fsp3) is 0.533. The van der Waals surface area contributed by atoms with Crippen molar-refractivity contribution in [3.63, 3.8) is 0 Å². The third-order valence-electron chi connectivity index (χ3n) is 3.49. The van der Waals surface area contributed by atoms with Crippen molar-refractivity contribution >= 4 is 0 Å². The van der Waals surface area contributed by atoms with Crippen LogP contribution in [-0.4, -0.2) is 18.8 Å². The van der Waals surface area contributed by atoms with Gasteiger partial charge in [0, 0.05) is 18.7 Å². The van der Waals surface area contributed by atoms with Crippen LogP contribution in [0.4, 0.5) is 0 Å². The van der Waals surface area contributed by atoms with E-state index in [0.29, 0.717) is 12.1 Å². The molecule has 1 aliphatic heterocycles. The highest BCUT2D eigenvalue weighted by molar-refractivity contribution is 5.34. The number of nitriles is 1. The van der Waals surface area contributed by atoms with Gasteiger partial charge in [-0.3, -0.25) is 0 Å². The summed E-state index contributed by atoms with van der Waals surface area (Å²) >= 11 is 0. The van der Waals surface area contributed by atoms with Crippen molar-refractivity contribution in [2.24, 2.45) is 0 Å². The van der Waals surface area contributed by atoms with Crippen molar-refractivity contribution < 1.29 is 4.74 Å². The maximum atomic E-state index is 8.91. The molecule has 3 atom stereocenters. The second kappa shape index (κ2) is 5.99. The highest BCUT2D eigenvalue weighted by atomic mass is 16.5. The van der Waals surface area contributed by atoms with E-state index < -0.39 is 0 Å². The van der Waals surface area contributed by atoms with Crippen LogP contribution in [0.5, 0.6) is 0 Å². The Labute approximate surface area is 109 Å². The predicted octanol–water partition coefficient (Wildman–Crippen LogP) is 2.78. The zero-order chi connectivity index (χ0) is 13.0. The van der Waals surface area contributed by atoms with Crippen molar-refractivity contribution in [1.82, 2.24) is 5.32 Å². The maximum Gasteiger partial charge on any atom is 0.0991 e. The average molecular weight is 244 g/mol. The van der Waals surface area contributed by atoms with Gasteiger partial charge in [0.05, 0.1) is 17.7 Å². The molecule has 0 aromatic heterocycles. The minimum absolute atomic E-state index is 0.272. The number of hydrogen-bond acceptors (Lipinski definition) is 3. The van der Waals surface area contributed by atoms with Gasteiger partial charge in [-0.1, -0.05) is 12.1 Å². The van der Waals surface area contributed by atoms with Gasteiger partial charge in [0.15, 0.2) is 0 Å². The highest BCUT2D eigenvalue weighted by Crippen LogP contribution is 2.19. The van der Waals surface area contributed by atoms with Gasteiger partial charge in [-0.15, -0.1) is 0 Å². The Morgan fingerprint density at radius 3 is 3.06 bits per heavy atom.